The van der Waals surface area contributed by atoms with Crippen LogP contribution in [0, 0.1) is 0 Å². The summed E-state index contributed by atoms with van der Waals surface area (Å²) in [7, 11) is 2.85. The third-order valence-corrected chi connectivity index (χ3v) is 6.45. The van der Waals surface area contributed by atoms with Crippen molar-refractivity contribution in [1.82, 2.24) is 23.7 Å². The number of fused-ring (bicyclic) bond motifs is 1. The number of nitrogens with one attached hydrogen (secondary N) is 1. The molecule has 33 heavy (non-hydrogen) atoms. The number of amides is 1. The number of halogens is 1. The van der Waals surface area contributed by atoms with Gasteiger partial charge in [-0.25, -0.2) is 9.78 Å². The van der Waals surface area contributed by atoms with Gasteiger partial charge in [-0.2, -0.15) is 4.98 Å². The van der Waals surface area contributed by atoms with Gasteiger partial charge in [0.05, 0.1) is 5.69 Å². The Morgan fingerprint density at radius 3 is 2.39 bits per heavy atom. The highest BCUT2D eigenvalue weighted by atomic mass is 35.5. The van der Waals surface area contributed by atoms with E-state index in [1.165, 1.54) is 40.1 Å². The van der Waals surface area contributed by atoms with Gasteiger partial charge in [-0.1, -0.05) is 45.0 Å². The van der Waals surface area contributed by atoms with E-state index < -0.39 is 17.2 Å². The van der Waals surface area contributed by atoms with Crippen LogP contribution in [0.4, 0.5) is 5.13 Å². The van der Waals surface area contributed by atoms with E-state index in [1.807, 2.05) is 17.5 Å². The molecule has 1 aromatic carbocycles. The SMILES string of the molecule is Cn1c(=O)c2c(nc(Cl)n2CC(=O)Nc2nc(-c3ccc(C(C)(C)C)cc3)cs2)n(C)c1=O. The van der Waals surface area contributed by atoms with Crippen LogP contribution in [0.15, 0.2) is 39.2 Å². The topological polar surface area (TPSA) is 104 Å². The average molecular weight is 487 g/mol. The van der Waals surface area contributed by atoms with E-state index in [9.17, 15) is 14.4 Å². The molecule has 4 aromatic rings. The molecular formula is C22H23ClN6O3S. The van der Waals surface area contributed by atoms with E-state index in [4.69, 9.17) is 11.6 Å². The molecule has 0 aliphatic heterocycles. The predicted octanol–water partition coefficient (Wildman–Crippen LogP) is 3.15. The van der Waals surface area contributed by atoms with Crippen molar-refractivity contribution in [3.05, 3.63) is 61.3 Å². The Kier molecular flexibility index (Phi) is 5.75. The fraction of sp³-hybridized carbons (Fsp3) is 0.318. The Labute approximate surface area is 198 Å². The molecule has 0 spiro atoms. The molecule has 3 aromatic heterocycles. The molecule has 0 saturated heterocycles. The van der Waals surface area contributed by atoms with Gasteiger partial charge in [-0.3, -0.25) is 23.3 Å². The molecule has 1 N–H and O–H groups in total. The molecule has 9 nitrogen and oxygen atoms in total. The second-order valence-electron chi connectivity index (χ2n) is 8.76. The predicted molar refractivity (Wildman–Crippen MR) is 130 cm³/mol. The summed E-state index contributed by atoms with van der Waals surface area (Å²) in [5.41, 5.74) is 2.10. The van der Waals surface area contributed by atoms with Crippen molar-refractivity contribution in [2.45, 2.75) is 32.7 Å². The molecule has 4 rings (SSSR count). The largest absolute Gasteiger partial charge is 0.332 e. The number of nitrogens with zero attached hydrogens (tertiary/aromatic N) is 5. The van der Waals surface area contributed by atoms with Gasteiger partial charge in [-0.15, -0.1) is 11.3 Å². The van der Waals surface area contributed by atoms with Crippen LogP contribution in [-0.4, -0.2) is 29.6 Å². The Morgan fingerprint density at radius 2 is 1.76 bits per heavy atom. The third-order valence-electron chi connectivity index (χ3n) is 5.40. The molecule has 0 aliphatic rings. The number of benzene rings is 1. The van der Waals surface area contributed by atoms with Crippen molar-refractivity contribution in [2.24, 2.45) is 14.1 Å². The van der Waals surface area contributed by atoms with Crippen LogP contribution in [0.1, 0.15) is 26.3 Å². The lowest BCUT2D eigenvalue weighted by molar-refractivity contribution is -0.116. The van der Waals surface area contributed by atoms with Crippen LogP contribution < -0.4 is 16.6 Å². The summed E-state index contributed by atoms with van der Waals surface area (Å²) in [6.45, 7) is 6.22. The quantitative estimate of drug-likeness (QED) is 0.446. The second kappa shape index (κ2) is 8.27. The van der Waals surface area contributed by atoms with Crippen molar-refractivity contribution in [1.29, 1.82) is 0 Å². The molecule has 0 radical (unpaired) electrons. The minimum Gasteiger partial charge on any atom is -0.300 e. The summed E-state index contributed by atoms with van der Waals surface area (Å²) in [6.07, 6.45) is 0. The number of carbonyl (C=O) groups is 1. The maximum absolute atomic E-state index is 12.7. The molecule has 172 valence electrons. The van der Waals surface area contributed by atoms with Gasteiger partial charge >= 0.3 is 5.69 Å². The van der Waals surface area contributed by atoms with Crippen LogP contribution >= 0.6 is 22.9 Å². The van der Waals surface area contributed by atoms with E-state index in [0.717, 1.165) is 15.8 Å². The van der Waals surface area contributed by atoms with Gasteiger partial charge in [0, 0.05) is 25.0 Å². The monoisotopic (exact) mass is 486 g/mol. The standard InChI is InChI=1S/C22H23ClN6O3S/c1-22(2,3)13-8-6-12(7-9-13)14-11-33-20(24-14)25-15(30)10-29-16-17(26-19(29)23)27(4)21(32)28(5)18(16)31/h6-9,11H,10H2,1-5H3,(H,24,25,30). The smallest absolute Gasteiger partial charge is 0.300 e. The lowest BCUT2D eigenvalue weighted by Crippen LogP contribution is -2.37. The van der Waals surface area contributed by atoms with Crippen LogP contribution in [-0.2, 0) is 30.8 Å². The average Bonchev–Trinajstić information content (AvgIpc) is 3.35. The first-order chi connectivity index (χ1) is 15.5. The molecule has 0 aliphatic carbocycles. The van der Waals surface area contributed by atoms with E-state index in [1.54, 1.807) is 0 Å². The zero-order chi connectivity index (χ0) is 24.1. The Bertz CT molecular complexity index is 1490. The summed E-state index contributed by atoms with van der Waals surface area (Å²) in [5.74, 6) is -0.420. The van der Waals surface area contributed by atoms with Crippen LogP contribution in [0.2, 0.25) is 5.28 Å². The van der Waals surface area contributed by atoms with Gasteiger partial charge < -0.3 is 5.32 Å². The number of thiazole rings is 1. The maximum Gasteiger partial charge on any atom is 0.332 e. The fourth-order valence-electron chi connectivity index (χ4n) is 3.47. The first-order valence-electron chi connectivity index (χ1n) is 10.2. The highest BCUT2D eigenvalue weighted by Crippen LogP contribution is 2.28. The fourth-order valence-corrected chi connectivity index (χ4v) is 4.43. The summed E-state index contributed by atoms with van der Waals surface area (Å²) in [4.78, 5) is 46.0. The van der Waals surface area contributed by atoms with Crippen molar-refractivity contribution in [3.63, 3.8) is 0 Å². The molecule has 11 heteroatoms. The number of aromatic nitrogens is 5. The van der Waals surface area contributed by atoms with Crippen molar-refractivity contribution >= 4 is 45.1 Å². The van der Waals surface area contributed by atoms with E-state index >= 15 is 0 Å². The number of anilines is 1. The van der Waals surface area contributed by atoms with Gasteiger partial charge in [0.1, 0.15) is 6.54 Å². The van der Waals surface area contributed by atoms with Crippen molar-refractivity contribution in [2.75, 3.05) is 5.32 Å². The van der Waals surface area contributed by atoms with Gasteiger partial charge in [-0.05, 0) is 22.6 Å². The van der Waals surface area contributed by atoms with Crippen LogP contribution in [0.5, 0.6) is 0 Å². The minimum atomic E-state index is -0.574. The molecule has 0 saturated carbocycles. The highest BCUT2D eigenvalue weighted by Gasteiger charge is 2.20. The van der Waals surface area contributed by atoms with E-state index in [0.29, 0.717) is 5.13 Å². The minimum absolute atomic E-state index is 0.0581. The summed E-state index contributed by atoms with van der Waals surface area (Å²) < 4.78 is 3.45. The second-order valence-corrected chi connectivity index (χ2v) is 9.95. The summed E-state index contributed by atoms with van der Waals surface area (Å²) >= 11 is 7.49. The third kappa shape index (κ3) is 4.23. The molecule has 0 bridgehead atoms. The number of carbonyl (C=O) groups excluding carboxylic acids is 1. The Hall–Kier alpha value is -3.24. The number of hydrogen-bond acceptors (Lipinski definition) is 6. The van der Waals surface area contributed by atoms with E-state index in [-0.39, 0.29) is 28.4 Å². The molecule has 0 atom stereocenters. The number of aryl methyl sites for hydroxylation is 1. The van der Waals surface area contributed by atoms with Gasteiger partial charge in [0.25, 0.3) is 5.56 Å². The van der Waals surface area contributed by atoms with E-state index in [2.05, 4.69) is 48.2 Å². The highest BCUT2D eigenvalue weighted by molar-refractivity contribution is 7.14. The first-order valence-corrected chi connectivity index (χ1v) is 11.4. The Morgan fingerprint density at radius 1 is 1.09 bits per heavy atom. The van der Waals surface area contributed by atoms with Crippen molar-refractivity contribution < 1.29 is 4.79 Å². The molecule has 3 heterocycles. The number of imidazole rings is 1. The molecule has 1 amide bonds. The van der Waals surface area contributed by atoms with Gasteiger partial charge in [0.15, 0.2) is 16.3 Å². The van der Waals surface area contributed by atoms with Crippen LogP contribution in [0.3, 0.4) is 0 Å². The Balaban J connectivity index is 1.56. The molecule has 0 unspecified atom stereocenters. The number of hydrogen-bond donors (Lipinski definition) is 1. The molecular weight excluding hydrogens is 464 g/mol. The van der Waals surface area contributed by atoms with Crippen LogP contribution in [0.25, 0.3) is 22.4 Å². The molecule has 0 fully saturated rings. The maximum atomic E-state index is 12.7. The lowest BCUT2D eigenvalue weighted by Gasteiger charge is -2.18. The first kappa shape index (κ1) is 22.9. The number of rotatable bonds is 4. The van der Waals surface area contributed by atoms with Gasteiger partial charge in [0.2, 0.25) is 11.2 Å². The normalized spacial score (nSPS) is 11.8. The summed E-state index contributed by atoms with van der Waals surface area (Å²) in [6, 6.07) is 8.18. The zero-order valence-electron chi connectivity index (χ0n) is 18.8. The zero-order valence-corrected chi connectivity index (χ0v) is 20.4. The van der Waals surface area contributed by atoms with Crippen molar-refractivity contribution in [3.8, 4) is 11.3 Å². The summed E-state index contributed by atoms with van der Waals surface area (Å²) in [5, 5.41) is 4.98. The lowest BCUT2D eigenvalue weighted by atomic mass is 9.86.